The molecule has 0 spiro atoms. The van der Waals surface area contributed by atoms with Crippen molar-refractivity contribution in [1.29, 1.82) is 0 Å². The van der Waals surface area contributed by atoms with E-state index in [0.717, 1.165) is 44.9 Å². The van der Waals surface area contributed by atoms with E-state index in [1.807, 2.05) is 0 Å². The Balaban J connectivity index is 3.52. The van der Waals surface area contributed by atoms with Crippen molar-refractivity contribution in [1.82, 2.24) is 5.32 Å². The van der Waals surface area contributed by atoms with Crippen LogP contribution in [-0.4, -0.2) is 46.1 Å². The average molecular weight is 858 g/mol. The summed E-state index contributed by atoms with van der Waals surface area (Å²) in [6.07, 6.45) is 65.9. The minimum atomic E-state index is -1.17. The number of aliphatic hydroxyl groups excluding tert-OH is 3. The molecule has 0 aliphatic heterocycles. The smallest absolute Gasteiger partial charge is 0.220 e. The first kappa shape index (κ1) is 59.6. The minimum Gasteiger partial charge on any atom is -0.394 e. The Bertz CT molecular complexity index is 947. The summed E-state index contributed by atoms with van der Waals surface area (Å²) in [4.78, 5) is 12.5. The zero-order chi connectivity index (χ0) is 44.4. The molecule has 0 aromatic carbocycles. The molecular weight excluding hydrogens is 751 g/mol. The quantitative estimate of drug-likeness (QED) is 0.0362. The molecule has 1 amide bonds. The summed E-state index contributed by atoms with van der Waals surface area (Å²) >= 11 is 0. The number of rotatable bonds is 50. The predicted octanol–water partition coefficient (Wildman–Crippen LogP) is 16.7. The molecule has 0 rings (SSSR count). The predicted molar refractivity (Wildman–Crippen MR) is 268 cm³/mol. The third-order valence-corrected chi connectivity index (χ3v) is 12.7. The molecule has 0 bridgehead atoms. The molecular formula is C56H107NO4. The Morgan fingerprint density at radius 1 is 0.393 bits per heavy atom. The summed E-state index contributed by atoms with van der Waals surface area (Å²) in [7, 11) is 0. The Morgan fingerprint density at radius 3 is 1.00 bits per heavy atom. The van der Waals surface area contributed by atoms with Gasteiger partial charge in [-0.1, -0.05) is 243 Å². The van der Waals surface area contributed by atoms with E-state index in [1.165, 1.54) is 218 Å². The van der Waals surface area contributed by atoms with Crippen LogP contribution in [0.4, 0.5) is 0 Å². The number of amides is 1. The molecule has 0 aromatic rings. The Kier molecular flexibility index (Phi) is 50.0. The van der Waals surface area contributed by atoms with Gasteiger partial charge in [-0.3, -0.25) is 4.79 Å². The number of allylic oxidation sites excluding steroid dienone is 6. The van der Waals surface area contributed by atoms with E-state index in [2.05, 4.69) is 55.6 Å². The van der Waals surface area contributed by atoms with Crippen LogP contribution >= 0.6 is 0 Å². The zero-order valence-electron chi connectivity index (χ0n) is 41.1. The van der Waals surface area contributed by atoms with Crippen LogP contribution in [0.3, 0.4) is 0 Å². The SMILES string of the molecule is CCCCCCCC/C=C/CC/C=C/CCCC(O)C(O)C(CO)NC(=O)CCCCCCCCCCCCCCCCCC/C=C\CCCCCCCCCCCCCC. The highest BCUT2D eigenvalue weighted by molar-refractivity contribution is 5.76. The molecule has 3 atom stereocenters. The number of carbonyl (C=O) groups excluding carboxylic acids is 1. The number of unbranched alkanes of at least 4 members (excludes halogenated alkanes) is 36. The maximum Gasteiger partial charge on any atom is 0.220 e. The van der Waals surface area contributed by atoms with E-state index in [9.17, 15) is 20.1 Å². The maximum absolute atomic E-state index is 12.5. The molecule has 0 heterocycles. The van der Waals surface area contributed by atoms with Gasteiger partial charge in [0.05, 0.1) is 18.8 Å². The lowest BCUT2D eigenvalue weighted by Crippen LogP contribution is -2.50. The summed E-state index contributed by atoms with van der Waals surface area (Å²) in [5.41, 5.74) is 0. The number of carbonyl (C=O) groups is 1. The number of nitrogens with one attached hydrogen (secondary N) is 1. The Morgan fingerprint density at radius 2 is 0.672 bits per heavy atom. The molecule has 0 radical (unpaired) electrons. The van der Waals surface area contributed by atoms with Crippen molar-refractivity contribution in [2.24, 2.45) is 0 Å². The third-order valence-electron chi connectivity index (χ3n) is 12.7. The molecule has 61 heavy (non-hydrogen) atoms. The summed E-state index contributed by atoms with van der Waals surface area (Å²) in [6, 6.07) is -0.831. The van der Waals surface area contributed by atoms with E-state index >= 15 is 0 Å². The van der Waals surface area contributed by atoms with Crippen LogP contribution in [0.25, 0.3) is 0 Å². The molecule has 4 N–H and O–H groups in total. The largest absolute Gasteiger partial charge is 0.394 e. The van der Waals surface area contributed by atoms with Crippen LogP contribution in [-0.2, 0) is 4.79 Å². The Labute approximate surface area is 381 Å². The van der Waals surface area contributed by atoms with Crippen LogP contribution in [0.5, 0.6) is 0 Å². The lowest BCUT2D eigenvalue weighted by atomic mass is 10.0. The van der Waals surface area contributed by atoms with E-state index in [-0.39, 0.29) is 12.5 Å². The molecule has 0 fully saturated rings. The number of hydrogen-bond acceptors (Lipinski definition) is 4. The standard InChI is InChI=1S/C56H107NO4/c1-3-5-7-9-11-13-15-17-19-20-21-22-23-24-25-26-27-28-29-30-31-32-33-34-35-37-39-41-43-45-47-49-51-55(60)57-53(52-58)56(61)54(59)50-48-46-44-42-40-38-36-18-16-14-12-10-8-6-4-2/h18,24-25,36,42,44,53-54,56,58-59,61H,3-17,19-23,26-35,37-41,43,45-52H2,1-2H3,(H,57,60)/b25-24-,36-18+,44-42+. The molecule has 0 aromatic heterocycles. The molecule has 5 heteroatoms. The fourth-order valence-corrected chi connectivity index (χ4v) is 8.47. The monoisotopic (exact) mass is 858 g/mol. The first-order valence-corrected chi connectivity index (χ1v) is 27.3. The van der Waals surface area contributed by atoms with E-state index in [4.69, 9.17) is 0 Å². The number of hydrogen-bond donors (Lipinski definition) is 4. The second-order valence-electron chi connectivity index (χ2n) is 18.8. The first-order chi connectivity index (χ1) is 30.1. The zero-order valence-corrected chi connectivity index (χ0v) is 41.1. The highest BCUT2D eigenvalue weighted by atomic mass is 16.3. The maximum atomic E-state index is 12.5. The molecule has 3 unspecified atom stereocenters. The second kappa shape index (κ2) is 51.2. The van der Waals surface area contributed by atoms with Gasteiger partial charge in [0.1, 0.15) is 6.10 Å². The van der Waals surface area contributed by atoms with Gasteiger partial charge in [-0.05, 0) is 77.0 Å². The van der Waals surface area contributed by atoms with Crippen LogP contribution in [0, 0.1) is 0 Å². The van der Waals surface area contributed by atoms with Crippen molar-refractivity contribution in [3.8, 4) is 0 Å². The van der Waals surface area contributed by atoms with Gasteiger partial charge in [0.15, 0.2) is 0 Å². The fourth-order valence-electron chi connectivity index (χ4n) is 8.47. The molecule has 360 valence electrons. The summed E-state index contributed by atoms with van der Waals surface area (Å²) in [5.74, 6) is -0.155. The van der Waals surface area contributed by atoms with Gasteiger partial charge in [-0.2, -0.15) is 0 Å². The first-order valence-electron chi connectivity index (χ1n) is 27.3. The summed E-state index contributed by atoms with van der Waals surface area (Å²) in [6.45, 7) is 4.17. The van der Waals surface area contributed by atoms with Crippen LogP contribution < -0.4 is 5.32 Å². The highest BCUT2D eigenvalue weighted by Crippen LogP contribution is 2.17. The molecule has 0 saturated heterocycles. The van der Waals surface area contributed by atoms with Crippen molar-refractivity contribution < 1.29 is 20.1 Å². The highest BCUT2D eigenvalue weighted by Gasteiger charge is 2.26. The number of aliphatic hydroxyl groups is 3. The van der Waals surface area contributed by atoms with Crippen molar-refractivity contribution in [2.45, 2.75) is 308 Å². The summed E-state index contributed by atoms with van der Waals surface area (Å²) in [5, 5.41) is 33.6. The lowest BCUT2D eigenvalue weighted by Gasteiger charge is -2.26. The second-order valence-corrected chi connectivity index (χ2v) is 18.8. The third kappa shape index (κ3) is 46.4. The topological polar surface area (TPSA) is 89.8 Å². The lowest BCUT2D eigenvalue weighted by molar-refractivity contribution is -0.124. The van der Waals surface area contributed by atoms with Crippen LogP contribution in [0.1, 0.15) is 290 Å². The van der Waals surface area contributed by atoms with E-state index in [0.29, 0.717) is 12.8 Å². The van der Waals surface area contributed by atoms with Crippen LogP contribution in [0.15, 0.2) is 36.5 Å². The summed E-state index contributed by atoms with van der Waals surface area (Å²) < 4.78 is 0. The molecule has 0 aliphatic rings. The van der Waals surface area contributed by atoms with Crippen molar-refractivity contribution in [2.75, 3.05) is 6.61 Å². The molecule has 0 aliphatic carbocycles. The fraction of sp³-hybridized carbons (Fsp3) is 0.875. The normalized spacial score (nSPS) is 13.6. The van der Waals surface area contributed by atoms with Gasteiger partial charge in [-0.15, -0.1) is 0 Å². The van der Waals surface area contributed by atoms with Crippen molar-refractivity contribution in [3.05, 3.63) is 36.5 Å². The van der Waals surface area contributed by atoms with Gasteiger partial charge in [0.2, 0.25) is 5.91 Å². The van der Waals surface area contributed by atoms with Gasteiger partial charge in [-0.25, -0.2) is 0 Å². The van der Waals surface area contributed by atoms with E-state index in [1.54, 1.807) is 0 Å². The average Bonchev–Trinajstić information content (AvgIpc) is 3.26. The van der Waals surface area contributed by atoms with Gasteiger partial charge in [0.25, 0.3) is 0 Å². The van der Waals surface area contributed by atoms with Gasteiger partial charge >= 0.3 is 0 Å². The Hall–Kier alpha value is -1.43. The van der Waals surface area contributed by atoms with Gasteiger partial charge in [0, 0.05) is 6.42 Å². The van der Waals surface area contributed by atoms with Gasteiger partial charge < -0.3 is 20.6 Å². The minimum absolute atomic E-state index is 0.155. The molecule has 0 saturated carbocycles. The van der Waals surface area contributed by atoms with Crippen LogP contribution in [0.2, 0.25) is 0 Å². The molecule has 5 nitrogen and oxygen atoms in total. The van der Waals surface area contributed by atoms with E-state index < -0.39 is 18.2 Å². The van der Waals surface area contributed by atoms with Crippen molar-refractivity contribution in [3.63, 3.8) is 0 Å². The van der Waals surface area contributed by atoms with Crippen molar-refractivity contribution >= 4 is 5.91 Å².